The number of hydrogen-bond donors (Lipinski definition) is 0. The van der Waals surface area contributed by atoms with Crippen LogP contribution in [0.3, 0.4) is 0 Å². The number of carbonyl (C=O) groups excluding carboxylic acids is 3. The lowest BCUT2D eigenvalue weighted by Crippen LogP contribution is -2.65. The molecular formula is C31H39NO4. The first-order valence-electron chi connectivity index (χ1n) is 13.4. The molecule has 0 aromatic rings. The number of allylic oxidation sites excluding steroid dienone is 5. The Bertz CT molecular complexity index is 1200. The lowest BCUT2D eigenvalue weighted by Gasteiger charge is -2.68. The molecule has 5 rings (SSSR count). The summed E-state index contributed by atoms with van der Waals surface area (Å²) in [5.41, 5.74) is -0.118. The average Bonchev–Trinajstić information content (AvgIpc) is 2.82. The molecule has 3 saturated carbocycles. The first-order valence-corrected chi connectivity index (χ1v) is 13.4. The summed E-state index contributed by atoms with van der Waals surface area (Å²) >= 11 is 0. The second-order valence-electron chi connectivity index (χ2n) is 13.7. The molecule has 7 atom stereocenters. The van der Waals surface area contributed by atoms with E-state index in [2.05, 4.69) is 47.3 Å². The maximum Gasteiger partial charge on any atom is 0.312 e. The Balaban J connectivity index is 1.70. The van der Waals surface area contributed by atoms with Crippen LogP contribution < -0.4 is 0 Å². The molecule has 3 fully saturated rings. The van der Waals surface area contributed by atoms with E-state index in [1.165, 1.54) is 7.11 Å². The molecule has 0 saturated heterocycles. The number of hydrogen-bond acceptors (Lipinski definition) is 5. The van der Waals surface area contributed by atoms with E-state index < -0.39 is 10.8 Å². The molecule has 5 nitrogen and oxygen atoms in total. The molecule has 5 aliphatic rings. The van der Waals surface area contributed by atoms with Gasteiger partial charge < -0.3 is 4.74 Å². The summed E-state index contributed by atoms with van der Waals surface area (Å²) in [6, 6.07) is 2.08. The molecule has 0 bridgehead atoms. The lowest BCUT2D eigenvalue weighted by atomic mass is 9.35. The minimum absolute atomic E-state index is 0.0567. The van der Waals surface area contributed by atoms with E-state index in [9.17, 15) is 19.6 Å². The van der Waals surface area contributed by atoms with E-state index >= 15 is 0 Å². The first kappa shape index (κ1) is 25.2. The van der Waals surface area contributed by atoms with Crippen LogP contribution >= 0.6 is 0 Å². The molecule has 0 N–H and O–H groups in total. The number of nitrogens with zero attached hydrogens (tertiary/aromatic N) is 1. The van der Waals surface area contributed by atoms with Gasteiger partial charge in [-0.3, -0.25) is 14.4 Å². The third-order valence-electron chi connectivity index (χ3n) is 11.7. The van der Waals surface area contributed by atoms with Crippen molar-refractivity contribution in [2.75, 3.05) is 7.11 Å². The number of ketones is 2. The number of methoxy groups -OCH3 is 1. The number of Topliss-reactive ketones (excluding diaryl/α,β-unsaturated/α-hetero) is 1. The van der Waals surface area contributed by atoms with Crippen molar-refractivity contribution in [2.24, 2.45) is 44.8 Å². The molecule has 36 heavy (non-hydrogen) atoms. The summed E-state index contributed by atoms with van der Waals surface area (Å²) in [7, 11) is 1.47. The van der Waals surface area contributed by atoms with Gasteiger partial charge in [0.1, 0.15) is 6.07 Å². The second-order valence-corrected chi connectivity index (χ2v) is 13.7. The van der Waals surface area contributed by atoms with Gasteiger partial charge in [0.05, 0.1) is 18.1 Å². The zero-order chi connectivity index (χ0) is 26.5. The summed E-state index contributed by atoms with van der Waals surface area (Å²) in [6.45, 7) is 15.2. The molecule has 0 aliphatic heterocycles. The summed E-state index contributed by atoms with van der Waals surface area (Å²) in [5, 5.41) is 9.71. The highest BCUT2D eigenvalue weighted by Crippen LogP contribution is 2.73. The van der Waals surface area contributed by atoms with Crippen LogP contribution in [0.1, 0.15) is 79.6 Å². The van der Waals surface area contributed by atoms with Gasteiger partial charge in [-0.15, -0.1) is 0 Å². The van der Waals surface area contributed by atoms with Crippen molar-refractivity contribution in [3.63, 3.8) is 0 Å². The topological polar surface area (TPSA) is 84.2 Å². The quantitative estimate of drug-likeness (QED) is 0.338. The van der Waals surface area contributed by atoms with Crippen molar-refractivity contribution < 1.29 is 19.1 Å². The van der Waals surface area contributed by atoms with Crippen molar-refractivity contribution in [2.45, 2.75) is 79.6 Å². The van der Waals surface area contributed by atoms with Crippen LogP contribution in [0.2, 0.25) is 0 Å². The van der Waals surface area contributed by atoms with Crippen LogP contribution in [0.15, 0.2) is 35.5 Å². The Morgan fingerprint density at radius 1 is 1.08 bits per heavy atom. The van der Waals surface area contributed by atoms with Gasteiger partial charge in [0.25, 0.3) is 0 Å². The lowest BCUT2D eigenvalue weighted by molar-refractivity contribution is -0.189. The average molecular weight is 490 g/mol. The van der Waals surface area contributed by atoms with Crippen LogP contribution in [0.25, 0.3) is 0 Å². The summed E-state index contributed by atoms with van der Waals surface area (Å²) in [4.78, 5) is 40.4. The van der Waals surface area contributed by atoms with E-state index in [4.69, 9.17) is 4.74 Å². The highest BCUT2D eigenvalue weighted by molar-refractivity contribution is 6.12. The van der Waals surface area contributed by atoms with Crippen molar-refractivity contribution in [3.05, 3.63) is 35.5 Å². The Morgan fingerprint density at radius 2 is 1.75 bits per heavy atom. The summed E-state index contributed by atoms with van der Waals surface area (Å²) in [5.74, 6) is -0.755. The molecule has 0 amide bonds. The zero-order valence-corrected chi connectivity index (χ0v) is 22.6. The molecule has 192 valence electrons. The second kappa shape index (κ2) is 7.53. The summed E-state index contributed by atoms with van der Waals surface area (Å²) < 4.78 is 5.38. The Kier molecular flexibility index (Phi) is 5.26. The smallest absolute Gasteiger partial charge is 0.312 e. The van der Waals surface area contributed by atoms with Crippen molar-refractivity contribution in [1.82, 2.24) is 0 Å². The van der Waals surface area contributed by atoms with Gasteiger partial charge in [-0.25, -0.2) is 0 Å². The molecule has 5 aliphatic carbocycles. The van der Waals surface area contributed by atoms with E-state index in [1.54, 1.807) is 0 Å². The third-order valence-corrected chi connectivity index (χ3v) is 11.7. The number of esters is 1. The molecular weight excluding hydrogens is 450 g/mol. The monoisotopic (exact) mass is 489 g/mol. The van der Waals surface area contributed by atoms with Crippen LogP contribution in [0.4, 0.5) is 0 Å². The van der Waals surface area contributed by atoms with Gasteiger partial charge in [0.2, 0.25) is 0 Å². The predicted molar refractivity (Wildman–Crippen MR) is 136 cm³/mol. The minimum atomic E-state index is -0.605. The molecule has 0 aromatic heterocycles. The number of ether oxygens (including phenoxy) is 1. The van der Waals surface area contributed by atoms with Crippen LogP contribution in [0, 0.1) is 56.2 Å². The van der Waals surface area contributed by atoms with E-state index in [1.807, 2.05) is 12.2 Å². The summed E-state index contributed by atoms with van der Waals surface area (Å²) in [6.07, 6.45) is 9.36. The normalized spacial score (nSPS) is 45.1. The fraction of sp³-hybridized carbons (Fsp3) is 0.677. The SMILES string of the molecule is C=C1C(=O)C(C#N)=C[C@]2(C)C3=CC(=O)[C@@H]4[C@@H]5CC(C)(C)CC[C@]5(C(=O)OC)CC[C@@]4(C)[C@]3(C)CC[C@@H]12. The molecule has 5 heteroatoms. The van der Waals surface area contributed by atoms with E-state index in [0.717, 1.165) is 50.5 Å². The van der Waals surface area contributed by atoms with Gasteiger partial charge >= 0.3 is 5.97 Å². The number of nitriles is 1. The van der Waals surface area contributed by atoms with Gasteiger partial charge in [-0.1, -0.05) is 47.3 Å². The Hall–Kier alpha value is -2.48. The van der Waals surface area contributed by atoms with Crippen LogP contribution in [0.5, 0.6) is 0 Å². The molecule has 0 spiro atoms. The van der Waals surface area contributed by atoms with Crippen molar-refractivity contribution in [1.29, 1.82) is 5.26 Å². The van der Waals surface area contributed by atoms with Gasteiger partial charge in [-0.2, -0.15) is 5.26 Å². The molecule has 0 heterocycles. The Labute approximate surface area is 215 Å². The number of carbonyl (C=O) groups is 3. The largest absolute Gasteiger partial charge is 0.469 e. The van der Waals surface area contributed by atoms with Gasteiger partial charge in [0, 0.05) is 11.3 Å². The van der Waals surface area contributed by atoms with E-state index in [-0.39, 0.29) is 57.1 Å². The highest BCUT2D eigenvalue weighted by Gasteiger charge is 2.70. The minimum Gasteiger partial charge on any atom is -0.469 e. The van der Waals surface area contributed by atoms with Gasteiger partial charge in [0.15, 0.2) is 11.6 Å². The predicted octanol–water partition coefficient (Wildman–Crippen LogP) is 5.91. The zero-order valence-electron chi connectivity index (χ0n) is 22.6. The molecule has 0 aromatic carbocycles. The molecule has 0 unspecified atom stereocenters. The van der Waals surface area contributed by atoms with Crippen molar-refractivity contribution >= 4 is 17.5 Å². The highest BCUT2D eigenvalue weighted by atomic mass is 16.5. The third kappa shape index (κ3) is 2.91. The maximum absolute atomic E-state index is 14.3. The van der Waals surface area contributed by atoms with E-state index in [0.29, 0.717) is 5.57 Å². The van der Waals surface area contributed by atoms with Crippen LogP contribution in [-0.4, -0.2) is 24.6 Å². The fourth-order valence-corrected chi connectivity index (χ4v) is 9.44. The van der Waals surface area contributed by atoms with Gasteiger partial charge in [-0.05, 0) is 90.2 Å². The first-order chi connectivity index (χ1) is 16.7. The number of rotatable bonds is 1. The number of fused-ring (bicyclic) bond motifs is 7. The standard InChI is InChI=1S/C31H39NO4/c1-18-20-8-9-29(5)23(28(20,4)15-19(17-32)25(18)34)14-22(33)24-21-16-27(2,3)10-12-31(21,26(35)36-7)13-11-30(24,29)6/h14-15,20-21,24H,1,8-13,16H2,2-7H3/t20-,21-,24-,28-,29+,30+,31-/m0/s1. The maximum atomic E-state index is 14.3. The molecule has 0 radical (unpaired) electrons. The fourth-order valence-electron chi connectivity index (χ4n) is 9.44. The van der Waals surface area contributed by atoms with Crippen LogP contribution in [-0.2, 0) is 19.1 Å². The van der Waals surface area contributed by atoms with Crippen molar-refractivity contribution in [3.8, 4) is 6.07 Å². The Morgan fingerprint density at radius 3 is 2.39 bits per heavy atom.